The Morgan fingerprint density at radius 1 is 1.07 bits per heavy atom. The number of morpholine rings is 1. The highest BCUT2D eigenvalue weighted by molar-refractivity contribution is 5.82. The van der Waals surface area contributed by atoms with E-state index in [2.05, 4.69) is 53.4 Å². The maximum Gasteiger partial charge on any atom is 0.184 e. The third kappa shape index (κ3) is 4.94. The summed E-state index contributed by atoms with van der Waals surface area (Å²) in [5, 5.41) is 12.3. The fourth-order valence-electron chi connectivity index (χ4n) is 3.51. The van der Waals surface area contributed by atoms with Gasteiger partial charge in [0.2, 0.25) is 0 Å². The Morgan fingerprint density at radius 2 is 1.83 bits per heavy atom. The monoisotopic (exact) mass is 409 g/mol. The molecule has 3 aromatic rings. The van der Waals surface area contributed by atoms with Crippen molar-refractivity contribution in [1.29, 1.82) is 0 Å². The molecule has 1 aromatic carbocycles. The Morgan fingerprint density at radius 3 is 2.57 bits per heavy atom. The molecule has 2 aromatic heterocycles. The van der Waals surface area contributed by atoms with Crippen molar-refractivity contribution in [3.05, 3.63) is 41.7 Å². The van der Waals surface area contributed by atoms with Crippen LogP contribution in [0.5, 0.6) is 0 Å². The molecule has 8 nitrogen and oxygen atoms in total. The molecule has 0 amide bonds. The maximum atomic E-state index is 5.42. The maximum absolute atomic E-state index is 5.42. The zero-order valence-electron chi connectivity index (χ0n) is 18.1. The number of nitrogens with one attached hydrogen (secondary N) is 1. The van der Waals surface area contributed by atoms with Gasteiger partial charge in [0.15, 0.2) is 17.0 Å². The fourth-order valence-corrected chi connectivity index (χ4v) is 3.51. The van der Waals surface area contributed by atoms with Crippen LogP contribution in [0.25, 0.3) is 11.2 Å². The highest BCUT2D eigenvalue weighted by Crippen LogP contribution is 2.25. The summed E-state index contributed by atoms with van der Waals surface area (Å²) in [7, 11) is 0. The first kappa shape index (κ1) is 20.7. The van der Waals surface area contributed by atoms with Crippen LogP contribution in [0, 0.1) is 0 Å². The Bertz CT molecular complexity index is 959. The van der Waals surface area contributed by atoms with E-state index in [1.54, 1.807) is 0 Å². The number of aromatic nitrogens is 5. The van der Waals surface area contributed by atoms with Gasteiger partial charge in [-0.3, -0.25) is 4.90 Å². The van der Waals surface area contributed by atoms with Crippen LogP contribution >= 0.6 is 0 Å². The van der Waals surface area contributed by atoms with Crippen molar-refractivity contribution in [2.24, 2.45) is 0 Å². The molecule has 4 rings (SSSR count). The standard InChI is InChI=1S/C22H31N7O/c1-22(2,3)21-24-19(23-10-7-11-28-12-14-30-15-13-28)18-20(25-21)29(27-26-18)16-17-8-5-4-6-9-17/h4-6,8-9H,7,10-16H2,1-3H3,(H,23,24,25). The second-order valence-corrected chi connectivity index (χ2v) is 8.79. The molecule has 1 fully saturated rings. The summed E-state index contributed by atoms with van der Waals surface area (Å²) in [6, 6.07) is 10.3. The number of benzene rings is 1. The van der Waals surface area contributed by atoms with E-state index in [0.717, 1.165) is 68.6 Å². The zero-order valence-corrected chi connectivity index (χ0v) is 18.1. The van der Waals surface area contributed by atoms with Crippen LogP contribution in [-0.2, 0) is 16.7 Å². The van der Waals surface area contributed by atoms with Gasteiger partial charge in [-0.2, -0.15) is 0 Å². The molecule has 1 aliphatic rings. The predicted octanol–water partition coefficient (Wildman–Crippen LogP) is 2.70. The molecule has 1 N–H and O–H groups in total. The predicted molar refractivity (Wildman–Crippen MR) is 118 cm³/mol. The van der Waals surface area contributed by atoms with E-state index in [1.165, 1.54) is 5.56 Å². The average Bonchev–Trinajstić information content (AvgIpc) is 3.15. The lowest BCUT2D eigenvalue weighted by atomic mass is 9.96. The van der Waals surface area contributed by atoms with Crippen molar-refractivity contribution in [1.82, 2.24) is 29.9 Å². The number of nitrogens with zero attached hydrogens (tertiary/aromatic N) is 6. The van der Waals surface area contributed by atoms with Crippen LogP contribution in [-0.4, -0.2) is 69.3 Å². The molecule has 8 heteroatoms. The SMILES string of the molecule is CC(C)(C)c1nc(NCCCN2CCOCC2)c2nnn(Cc3ccccc3)c2n1. The molecule has 0 spiro atoms. The minimum atomic E-state index is -0.166. The number of fused-ring (bicyclic) bond motifs is 1. The average molecular weight is 410 g/mol. The molecule has 3 heterocycles. The van der Waals surface area contributed by atoms with Gasteiger partial charge in [-0.15, -0.1) is 5.10 Å². The summed E-state index contributed by atoms with van der Waals surface area (Å²) in [4.78, 5) is 12.1. The van der Waals surface area contributed by atoms with Crippen molar-refractivity contribution in [2.75, 3.05) is 44.7 Å². The summed E-state index contributed by atoms with van der Waals surface area (Å²) in [6.45, 7) is 12.6. The van der Waals surface area contributed by atoms with Gasteiger partial charge in [-0.1, -0.05) is 56.3 Å². The van der Waals surface area contributed by atoms with Crippen LogP contribution in [0.4, 0.5) is 5.82 Å². The van der Waals surface area contributed by atoms with E-state index in [1.807, 2.05) is 22.9 Å². The molecular weight excluding hydrogens is 378 g/mol. The van der Waals surface area contributed by atoms with Crippen molar-refractivity contribution in [2.45, 2.75) is 39.2 Å². The van der Waals surface area contributed by atoms with Crippen molar-refractivity contribution in [3.63, 3.8) is 0 Å². The quantitative estimate of drug-likeness (QED) is 0.601. The lowest BCUT2D eigenvalue weighted by Gasteiger charge is -2.26. The van der Waals surface area contributed by atoms with Crippen LogP contribution in [0.3, 0.4) is 0 Å². The van der Waals surface area contributed by atoms with Gasteiger partial charge in [-0.25, -0.2) is 14.6 Å². The van der Waals surface area contributed by atoms with Gasteiger partial charge in [0.25, 0.3) is 0 Å². The molecular formula is C22H31N7O. The molecule has 1 aliphatic heterocycles. The first-order valence-corrected chi connectivity index (χ1v) is 10.7. The van der Waals surface area contributed by atoms with Gasteiger partial charge >= 0.3 is 0 Å². The molecule has 0 radical (unpaired) electrons. The lowest BCUT2D eigenvalue weighted by molar-refractivity contribution is 0.0378. The molecule has 160 valence electrons. The van der Waals surface area contributed by atoms with E-state index >= 15 is 0 Å². The molecule has 1 saturated heterocycles. The highest BCUT2D eigenvalue weighted by atomic mass is 16.5. The summed E-state index contributed by atoms with van der Waals surface area (Å²) in [5.74, 6) is 1.56. The zero-order chi connectivity index (χ0) is 21.0. The van der Waals surface area contributed by atoms with Gasteiger partial charge in [0, 0.05) is 25.0 Å². The van der Waals surface area contributed by atoms with Crippen LogP contribution in [0.1, 0.15) is 38.6 Å². The molecule has 30 heavy (non-hydrogen) atoms. The van der Waals surface area contributed by atoms with Crippen LogP contribution in [0.15, 0.2) is 30.3 Å². The molecule has 0 bridgehead atoms. The topological polar surface area (TPSA) is 81.0 Å². The third-order valence-electron chi connectivity index (χ3n) is 5.26. The van der Waals surface area contributed by atoms with Gasteiger partial charge in [0.1, 0.15) is 5.82 Å². The largest absolute Gasteiger partial charge is 0.379 e. The molecule has 0 atom stereocenters. The Labute approximate surface area is 177 Å². The minimum Gasteiger partial charge on any atom is -0.379 e. The van der Waals surface area contributed by atoms with E-state index < -0.39 is 0 Å². The van der Waals surface area contributed by atoms with E-state index in [0.29, 0.717) is 6.54 Å². The summed E-state index contributed by atoms with van der Waals surface area (Å²) < 4.78 is 7.28. The van der Waals surface area contributed by atoms with Gasteiger partial charge in [-0.05, 0) is 18.5 Å². The number of hydrogen-bond donors (Lipinski definition) is 1. The summed E-state index contributed by atoms with van der Waals surface area (Å²) in [6.07, 6.45) is 1.04. The molecule has 0 saturated carbocycles. The van der Waals surface area contributed by atoms with Crippen LogP contribution in [0.2, 0.25) is 0 Å². The van der Waals surface area contributed by atoms with Crippen molar-refractivity contribution < 1.29 is 4.74 Å². The smallest absolute Gasteiger partial charge is 0.184 e. The molecule has 0 aliphatic carbocycles. The van der Waals surface area contributed by atoms with Crippen molar-refractivity contribution in [3.8, 4) is 0 Å². The third-order valence-corrected chi connectivity index (χ3v) is 5.26. The van der Waals surface area contributed by atoms with E-state index in [4.69, 9.17) is 14.7 Å². The molecule has 0 unspecified atom stereocenters. The first-order valence-electron chi connectivity index (χ1n) is 10.7. The highest BCUT2D eigenvalue weighted by Gasteiger charge is 2.22. The second kappa shape index (κ2) is 9.06. The fraction of sp³-hybridized carbons (Fsp3) is 0.545. The lowest BCUT2D eigenvalue weighted by Crippen LogP contribution is -2.37. The minimum absolute atomic E-state index is 0.166. The summed E-state index contributed by atoms with van der Waals surface area (Å²) in [5.41, 5.74) is 2.50. The van der Waals surface area contributed by atoms with Gasteiger partial charge < -0.3 is 10.1 Å². The Kier molecular flexibility index (Phi) is 6.24. The van der Waals surface area contributed by atoms with Gasteiger partial charge in [0.05, 0.1) is 19.8 Å². The number of hydrogen-bond acceptors (Lipinski definition) is 7. The normalized spacial score (nSPS) is 15.6. The Balaban J connectivity index is 1.53. The first-order chi connectivity index (χ1) is 14.5. The van der Waals surface area contributed by atoms with E-state index in [-0.39, 0.29) is 5.41 Å². The summed E-state index contributed by atoms with van der Waals surface area (Å²) >= 11 is 0. The van der Waals surface area contributed by atoms with E-state index in [9.17, 15) is 0 Å². The Hall–Kier alpha value is -2.58. The number of ether oxygens (including phenoxy) is 1. The number of anilines is 1. The second-order valence-electron chi connectivity index (χ2n) is 8.79. The number of rotatable bonds is 7. The van der Waals surface area contributed by atoms with Crippen molar-refractivity contribution >= 4 is 17.0 Å². The van der Waals surface area contributed by atoms with Crippen LogP contribution < -0.4 is 5.32 Å².